The molecule has 10 heavy (non-hydrogen) atoms. The number of rotatable bonds is 5. The van der Waals surface area contributed by atoms with Gasteiger partial charge in [-0.25, -0.2) is 0 Å². The van der Waals surface area contributed by atoms with Gasteiger partial charge in [0, 0.05) is 6.54 Å². The summed E-state index contributed by atoms with van der Waals surface area (Å²) in [4.78, 5) is 0. The van der Waals surface area contributed by atoms with Crippen LogP contribution in [0.15, 0.2) is 24.3 Å². The monoisotopic (exact) mass is 139 g/mol. The summed E-state index contributed by atoms with van der Waals surface area (Å²) in [6, 6.07) is 0. The molecule has 0 heterocycles. The van der Waals surface area contributed by atoms with E-state index < -0.39 is 0 Å². The van der Waals surface area contributed by atoms with Crippen molar-refractivity contribution in [2.75, 3.05) is 6.54 Å². The van der Waals surface area contributed by atoms with Crippen LogP contribution >= 0.6 is 0 Å². The van der Waals surface area contributed by atoms with E-state index in [4.69, 9.17) is 5.73 Å². The molecule has 0 radical (unpaired) electrons. The van der Waals surface area contributed by atoms with E-state index in [1.165, 1.54) is 12.8 Å². The first-order valence-electron chi connectivity index (χ1n) is 3.86. The zero-order chi connectivity index (χ0) is 7.82. The van der Waals surface area contributed by atoms with E-state index >= 15 is 0 Å². The molecule has 2 N–H and O–H groups in total. The predicted molar refractivity (Wildman–Crippen MR) is 46.9 cm³/mol. The van der Waals surface area contributed by atoms with Crippen LogP contribution in [0, 0.1) is 0 Å². The topological polar surface area (TPSA) is 26.0 Å². The fourth-order valence-electron chi connectivity index (χ4n) is 0.742. The summed E-state index contributed by atoms with van der Waals surface area (Å²) in [6.45, 7) is 6.46. The number of nitrogens with two attached hydrogens (primary N) is 1. The molecule has 1 heteroatoms. The summed E-state index contributed by atoms with van der Waals surface area (Å²) in [5.41, 5.74) is 6.59. The highest BCUT2D eigenvalue weighted by Crippen LogP contribution is 2.00. The van der Waals surface area contributed by atoms with Gasteiger partial charge in [-0.05, 0) is 12.0 Å². The number of allylic oxidation sites excluding steroid dienone is 1. The van der Waals surface area contributed by atoms with Crippen LogP contribution in [0.3, 0.4) is 0 Å². The Labute approximate surface area is 63.6 Å². The van der Waals surface area contributed by atoms with Gasteiger partial charge in [-0.1, -0.05) is 38.5 Å². The third kappa shape index (κ3) is 4.33. The van der Waals surface area contributed by atoms with E-state index in [1.807, 2.05) is 6.08 Å². The lowest BCUT2D eigenvalue weighted by molar-refractivity contribution is 0.811. The van der Waals surface area contributed by atoms with Crippen molar-refractivity contribution in [3.05, 3.63) is 24.3 Å². The van der Waals surface area contributed by atoms with Gasteiger partial charge in [0.1, 0.15) is 0 Å². The largest absolute Gasteiger partial charge is 0.327 e. The lowest BCUT2D eigenvalue weighted by Crippen LogP contribution is -2.00. The highest BCUT2D eigenvalue weighted by molar-refractivity contribution is 5.16. The Kier molecular flexibility index (Phi) is 6.19. The lowest BCUT2D eigenvalue weighted by atomic mass is 10.2. The quantitative estimate of drug-likeness (QED) is 0.459. The van der Waals surface area contributed by atoms with E-state index in [0.29, 0.717) is 6.54 Å². The van der Waals surface area contributed by atoms with Gasteiger partial charge in [-0.15, -0.1) is 0 Å². The third-order valence-electron chi connectivity index (χ3n) is 1.46. The zero-order valence-electron chi connectivity index (χ0n) is 6.77. The summed E-state index contributed by atoms with van der Waals surface area (Å²) in [7, 11) is 0. The van der Waals surface area contributed by atoms with Crippen molar-refractivity contribution in [2.24, 2.45) is 5.73 Å². The molecule has 0 aliphatic rings. The first kappa shape index (κ1) is 9.44. The molecule has 0 aromatic carbocycles. The Balaban J connectivity index is 3.53. The number of hydrogen-bond acceptors (Lipinski definition) is 1. The van der Waals surface area contributed by atoms with E-state index in [9.17, 15) is 0 Å². The van der Waals surface area contributed by atoms with Crippen LogP contribution in [0.25, 0.3) is 0 Å². The molecule has 0 saturated heterocycles. The van der Waals surface area contributed by atoms with E-state index in [2.05, 4.69) is 19.6 Å². The molecule has 0 bridgehead atoms. The van der Waals surface area contributed by atoms with Gasteiger partial charge in [0.2, 0.25) is 0 Å². The Morgan fingerprint density at radius 2 is 2.30 bits per heavy atom. The summed E-state index contributed by atoms with van der Waals surface area (Å²) < 4.78 is 0. The maximum Gasteiger partial charge on any atom is 0.0174 e. The first-order valence-corrected chi connectivity index (χ1v) is 3.86. The Morgan fingerprint density at radius 1 is 1.60 bits per heavy atom. The normalized spacial score (nSPS) is 11.6. The molecule has 0 unspecified atom stereocenters. The van der Waals surface area contributed by atoms with Gasteiger partial charge in [-0.2, -0.15) is 0 Å². The van der Waals surface area contributed by atoms with Gasteiger partial charge < -0.3 is 5.73 Å². The molecule has 0 saturated carbocycles. The van der Waals surface area contributed by atoms with Gasteiger partial charge in [0.05, 0.1) is 0 Å². The second-order valence-electron chi connectivity index (χ2n) is 2.33. The fourth-order valence-corrected chi connectivity index (χ4v) is 0.742. The lowest BCUT2D eigenvalue weighted by Gasteiger charge is -1.95. The smallest absolute Gasteiger partial charge is 0.0174 e. The molecular formula is C9H17N. The molecule has 0 rings (SSSR count). The predicted octanol–water partition coefficient (Wildman–Crippen LogP) is 2.25. The average Bonchev–Trinajstić information content (AvgIpc) is 1.99. The first-order chi connectivity index (χ1) is 4.85. The van der Waals surface area contributed by atoms with Crippen LogP contribution in [-0.2, 0) is 0 Å². The van der Waals surface area contributed by atoms with E-state index in [1.54, 1.807) is 0 Å². The molecule has 0 fully saturated rings. The third-order valence-corrected chi connectivity index (χ3v) is 1.46. The highest BCUT2D eigenvalue weighted by Gasteiger charge is 1.85. The van der Waals surface area contributed by atoms with Crippen LogP contribution < -0.4 is 5.73 Å². The van der Waals surface area contributed by atoms with Crippen LogP contribution in [0.5, 0.6) is 0 Å². The van der Waals surface area contributed by atoms with Crippen molar-refractivity contribution >= 4 is 0 Å². The molecule has 0 aliphatic carbocycles. The summed E-state index contributed by atoms with van der Waals surface area (Å²) in [5, 5.41) is 0. The van der Waals surface area contributed by atoms with Crippen molar-refractivity contribution in [3.63, 3.8) is 0 Å². The molecule has 0 amide bonds. The SMILES string of the molecule is C=C/C(=C/CCCC)CN. The Bertz CT molecular complexity index is 114. The maximum absolute atomic E-state index is 5.43. The van der Waals surface area contributed by atoms with Crippen LogP contribution in [0.1, 0.15) is 26.2 Å². The molecular weight excluding hydrogens is 122 g/mol. The summed E-state index contributed by atoms with van der Waals surface area (Å²) in [5.74, 6) is 0. The van der Waals surface area contributed by atoms with E-state index in [0.717, 1.165) is 12.0 Å². The van der Waals surface area contributed by atoms with Crippen molar-refractivity contribution in [1.82, 2.24) is 0 Å². The van der Waals surface area contributed by atoms with Crippen LogP contribution in [0.2, 0.25) is 0 Å². The summed E-state index contributed by atoms with van der Waals surface area (Å²) in [6.07, 6.45) is 7.62. The van der Waals surface area contributed by atoms with Crippen molar-refractivity contribution in [2.45, 2.75) is 26.2 Å². The number of unbranched alkanes of at least 4 members (excludes halogenated alkanes) is 2. The van der Waals surface area contributed by atoms with Gasteiger partial charge in [-0.3, -0.25) is 0 Å². The standard InChI is InChI=1S/C9H17N/c1-3-5-6-7-9(4-2)8-10/h4,7H,2-3,5-6,8,10H2,1H3/b9-7-. The molecule has 0 aromatic rings. The van der Waals surface area contributed by atoms with Gasteiger partial charge in [0.25, 0.3) is 0 Å². The molecule has 0 aliphatic heterocycles. The van der Waals surface area contributed by atoms with Crippen molar-refractivity contribution in [1.29, 1.82) is 0 Å². The molecule has 58 valence electrons. The van der Waals surface area contributed by atoms with Gasteiger partial charge >= 0.3 is 0 Å². The second kappa shape index (κ2) is 6.56. The van der Waals surface area contributed by atoms with Crippen LogP contribution in [-0.4, -0.2) is 6.54 Å². The number of hydrogen-bond donors (Lipinski definition) is 1. The second-order valence-corrected chi connectivity index (χ2v) is 2.33. The minimum absolute atomic E-state index is 0.618. The van der Waals surface area contributed by atoms with Crippen LogP contribution in [0.4, 0.5) is 0 Å². The molecule has 0 aromatic heterocycles. The fraction of sp³-hybridized carbons (Fsp3) is 0.556. The molecule has 0 atom stereocenters. The Morgan fingerprint density at radius 3 is 2.70 bits per heavy atom. The van der Waals surface area contributed by atoms with E-state index in [-0.39, 0.29) is 0 Å². The molecule has 1 nitrogen and oxygen atoms in total. The Hall–Kier alpha value is -0.560. The maximum atomic E-state index is 5.43. The van der Waals surface area contributed by atoms with Crippen molar-refractivity contribution in [3.8, 4) is 0 Å². The summed E-state index contributed by atoms with van der Waals surface area (Å²) >= 11 is 0. The minimum Gasteiger partial charge on any atom is -0.327 e. The highest BCUT2D eigenvalue weighted by atomic mass is 14.5. The molecule has 0 spiro atoms. The zero-order valence-corrected chi connectivity index (χ0v) is 6.77. The van der Waals surface area contributed by atoms with Gasteiger partial charge in [0.15, 0.2) is 0 Å². The average molecular weight is 139 g/mol. The van der Waals surface area contributed by atoms with Crippen molar-refractivity contribution < 1.29 is 0 Å². The minimum atomic E-state index is 0.618.